The standard InChI is InChI=1S/C20H28N2O4/c1-13-9-16(19(25)26)11-22(10-13)18(24)15-7-5-14(6-8-15)17(23)21-12-20(2,3)4/h5-8,13,16H,9-12H2,1-4H3,(H,21,23)(H,25,26). The van der Waals surface area contributed by atoms with E-state index >= 15 is 0 Å². The van der Waals surface area contributed by atoms with Crippen molar-refractivity contribution in [1.29, 1.82) is 0 Å². The molecule has 2 N–H and O–H groups in total. The second-order valence-electron chi connectivity index (χ2n) is 8.41. The fraction of sp³-hybridized carbons (Fsp3) is 0.550. The van der Waals surface area contributed by atoms with Gasteiger partial charge in [0.2, 0.25) is 0 Å². The fourth-order valence-corrected chi connectivity index (χ4v) is 3.09. The Morgan fingerprint density at radius 2 is 1.69 bits per heavy atom. The van der Waals surface area contributed by atoms with Gasteiger partial charge < -0.3 is 15.3 Å². The van der Waals surface area contributed by atoms with Crippen LogP contribution in [0.15, 0.2) is 24.3 Å². The van der Waals surface area contributed by atoms with E-state index in [4.69, 9.17) is 0 Å². The summed E-state index contributed by atoms with van der Waals surface area (Å²) in [5.41, 5.74) is 0.967. The quantitative estimate of drug-likeness (QED) is 0.864. The van der Waals surface area contributed by atoms with Gasteiger partial charge in [0.05, 0.1) is 5.92 Å². The number of nitrogens with zero attached hydrogens (tertiary/aromatic N) is 1. The Labute approximate surface area is 154 Å². The first-order valence-corrected chi connectivity index (χ1v) is 8.97. The number of benzene rings is 1. The third-order valence-corrected chi connectivity index (χ3v) is 4.47. The average molecular weight is 360 g/mol. The summed E-state index contributed by atoms with van der Waals surface area (Å²) in [6.45, 7) is 9.42. The minimum Gasteiger partial charge on any atom is -0.481 e. The maximum absolute atomic E-state index is 12.7. The van der Waals surface area contributed by atoms with Crippen LogP contribution in [0.2, 0.25) is 0 Å². The average Bonchev–Trinajstić information content (AvgIpc) is 2.58. The van der Waals surface area contributed by atoms with Crippen LogP contribution in [0.25, 0.3) is 0 Å². The molecule has 2 unspecified atom stereocenters. The predicted molar refractivity (Wildman–Crippen MR) is 99.0 cm³/mol. The van der Waals surface area contributed by atoms with E-state index in [9.17, 15) is 19.5 Å². The number of carboxylic acids is 1. The molecule has 1 aromatic carbocycles. The van der Waals surface area contributed by atoms with Crippen LogP contribution < -0.4 is 5.32 Å². The van der Waals surface area contributed by atoms with E-state index in [0.717, 1.165) is 0 Å². The molecule has 0 saturated carbocycles. The molecule has 1 aliphatic heterocycles. The third kappa shape index (κ3) is 5.31. The molecular weight excluding hydrogens is 332 g/mol. The first kappa shape index (κ1) is 19.9. The monoisotopic (exact) mass is 360 g/mol. The Morgan fingerprint density at radius 1 is 1.12 bits per heavy atom. The molecular formula is C20H28N2O4. The van der Waals surface area contributed by atoms with E-state index in [2.05, 4.69) is 5.32 Å². The molecule has 2 rings (SSSR count). The Bertz CT molecular complexity index is 676. The van der Waals surface area contributed by atoms with Crippen LogP contribution >= 0.6 is 0 Å². The van der Waals surface area contributed by atoms with Gasteiger partial charge in [0.1, 0.15) is 0 Å². The van der Waals surface area contributed by atoms with E-state index in [0.29, 0.717) is 30.6 Å². The normalized spacial score (nSPS) is 20.5. The lowest BCUT2D eigenvalue weighted by Crippen LogP contribution is -2.45. The number of piperidine rings is 1. The summed E-state index contributed by atoms with van der Waals surface area (Å²) < 4.78 is 0. The number of likely N-dealkylation sites (tertiary alicyclic amines) is 1. The van der Waals surface area contributed by atoms with Crippen LogP contribution in [0.4, 0.5) is 0 Å². The lowest BCUT2D eigenvalue weighted by atomic mass is 9.90. The number of nitrogens with one attached hydrogen (secondary N) is 1. The van der Waals surface area contributed by atoms with Crippen LogP contribution in [0.1, 0.15) is 54.8 Å². The van der Waals surface area contributed by atoms with Crippen LogP contribution in [0.3, 0.4) is 0 Å². The number of amides is 2. The zero-order chi connectivity index (χ0) is 19.5. The molecule has 0 radical (unpaired) electrons. The van der Waals surface area contributed by atoms with Crippen LogP contribution in [-0.4, -0.2) is 47.4 Å². The number of aliphatic carboxylic acids is 1. The summed E-state index contributed by atoms with van der Waals surface area (Å²) >= 11 is 0. The largest absolute Gasteiger partial charge is 0.481 e. The van der Waals surface area contributed by atoms with Gasteiger partial charge >= 0.3 is 5.97 Å². The Morgan fingerprint density at radius 3 is 2.23 bits per heavy atom. The molecule has 26 heavy (non-hydrogen) atoms. The first-order valence-electron chi connectivity index (χ1n) is 8.97. The van der Waals surface area contributed by atoms with Crippen molar-refractivity contribution in [1.82, 2.24) is 10.2 Å². The van der Waals surface area contributed by atoms with Gasteiger partial charge in [-0.05, 0) is 42.0 Å². The van der Waals surface area contributed by atoms with Crippen molar-refractivity contribution in [2.24, 2.45) is 17.3 Å². The smallest absolute Gasteiger partial charge is 0.308 e. The van der Waals surface area contributed by atoms with Gasteiger partial charge in [-0.25, -0.2) is 0 Å². The second kappa shape index (κ2) is 7.89. The summed E-state index contributed by atoms with van der Waals surface area (Å²) in [6.07, 6.45) is 0.589. The minimum atomic E-state index is -0.861. The molecule has 2 amide bonds. The zero-order valence-electron chi connectivity index (χ0n) is 15.9. The van der Waals surface area contributed by atoms with E-state index < -0.39 is 11.9 Å². The predicted octanol–water partition coefficient (Wildman–Crippen LogP) is 2.65. The van der Waals surface area contributed by atoms with Crippen molar-refractivity contribution in [3.05, 3.63) is 35.4 Å². The van der Waals surface area contributed by atoms with E-state index in [-0.39, 0.29) is 29.7 Å². The first-order chi connectivity index (χ1) is 12.1. The van der Waals surface area contributed by atoms with Crippen molar-refractivity contribution >= 4 is 17.8 Å². The van der Waals surface area contributed by atoms with E-state index in [1.54, 1.807) is 29.2 Å². The fourth-order valence-electron chi connectivity index (χ4n) is 3.09. The summed E-state index contributed by atoms with van der Waals surface area (Å²) in [4.78, 5) is 37.7. The number of rotatable bonds is 4. The van der Waals surface area contributed by atoms with Crippen molar-refractivity contribution in [2.75, 3.05) is 19.6 Å². The third-order valence-electron chi connectivity index (χ3n) is 4.47. The Kier molecular flexibility index (Phi) is 6.05. The number of carbonyl (C=O) groups excluding carboxylic acids is 2. The molecule has 142 valence electrons. The summed E-state index contributed by atoms with van der Waals surface area (Å²) in [6, 6.07) is 6.52. The number of hydrogen-bond acceptors (Lipinski definition) is 3. The van der Waals surface area contributed by atoms with Crippen molar-refractivity contribution < 1.29 is 19.5 Å². The van der Waals surface area contributed by atoms with Crippen molar-refractivity contribution in [2.45, 2.75) is 34.1 Å². The molecule has 6 heteroatoms. The van der Waals surface area contributed by atoms with E-state index in [1.165, 1.54) is 0 Å². The molecule has 0 bridgehead atoms. The summed E-state index contributed by atoms with van der Waals surface area (Å²) in [5.74, 6) is -1.59. The highest BCUT2D eigenvalue weighted by atomic mass is 16.4. The highest BCUT2D eigenvalue weighted by Gasteiger charge is 2.32. The molecule has 2 atom stereocenters. The number of carboxylic acid groups (broad SMARTS) is 1. The Hall–Kier alpha value is -2.37. The SMILES string of the molecule is CC1CC(C(=O)O)CN(C(=O)c2ccc(C(=O)NCC(C)(C)C)cc2)C1. The van der Waals surface area contributed by atoms with Crippen LogP contribution in [-0.2, 0) is 4.79 Å². The molecule has 6 nitrogen and oxygen atoms in total. The minimum absolute atomic E-state index is 0.00277. The lowest BCUT2D eigenvalue weighted by Gasteiger charge is -2.34. The van der Waals surface area contributed by atoms with Crippen LogP contribution in [0, 0.1) is 17.3 Å². The van der Waals surface area contributed by atoms with Gasteiger partial charge in [-0.15, -0.1) is 0 Å². The summed E-state index contributed by atoms with van der Waals surface area (Å²) in [5, 5.41) is 12.1. The molecule has 1 fully saturated rings. The van der Waals surface area contributed by atoms with Gasteiger partial charge in [0.25, 0.3) is 11.8 Å². The van der Waals surface area contributed by atoms with Gasteiger partial charge in [0.15, 0.2) is 0 Å². The molecule has 1 aromatic rings. The molecule has 1 heterocycles. The topological polar surface area (TPSA) is 86.7 Å². The molecule has 0 spiro atoms. The van der Waals surface area contributed by atoms with Gasteiger partial charge in [-0.3, -0.25) is 14.4 Å². The molecule has 0 aromatic heterocycles. The molecule has 1 saturated heterocycles. The number of hydrogen-bond donors (Lipinski definition) is 2. The van der Waals surface area contributed by atoms with Gasteiger partial charge in [0, 0.05) is 30.8 Å². The van der Waals surface area contributed by atoms with Crippen LogP contribution in [0.5, 0.6) is 0 Å². The molecule has 1 aliphatic rings. The number of carbonyl (C=O) groups is 3. The maximum Gasteiger partial charge on any atom is 0.308 e. The van der Waals surface area contributed by atoms with Gasteiger partial charge in [-0.1, -0.05) is 27.7 Å². The van der Waals surface area contributed by atoms with Gasteiger partial charge in [-0.2, -0.15) is 0 Å². The maximum atomic E-state index is 12.7. The highest BCUT2D eigenvalue weighted by Crippen LogP contribution is 2.23. The second-order valence-corrected chi connectivity index (χ2v) is 8.41. The van der Waals surface area contributed by atoms with E-state index in [1.807, 2.05) is 27.7 Å². The highest BCUT2D eigenvalue weighted by molar-refractivity contribution is 5.98. The lowest BCUT2D eigenvalue weighted by molar-refractivity contribution is -0.143. The zero-order valence-corrected chi connectivity index (χ0v) is 15.9. The Balaban J connectivity index is 2.04. The van der Waals surface area contributed by atoms with Crippen molar-refractivity contribution in [3.63, 3.8) is 0 Å². The van der Waals surface area contributed by atoms with Crippen molar-refractivity contribution in [3.8, 4) is 0 Å². The summed E-state index contributed by atoms with van der Waals surface area (Å²) in [7, 11) is 0. The molecule has 0 aliphatic carbocycles.